The molecule has 26 heavy (non-hydrogen) atoms. The SMILES string of the molecule is Nc1ccc(NC(=O)/C=C/c2ccc(-c3cc(Cl)cc(Cl)c3)o2)c(Cl)c1. The van der Waals surface area contributed by atoms with Crippen LogP contribution in [-0.4, -0.2) is 5.91 Å². The molecule has 1 aromatic heterocycles. The first kappa shape index (κ1) is 18.4. The van der Waals surface area contributed by atoms with Gasteiger partial charge in [0.05, 0.1) is 10.7 Å². The number of nitrogens with two attached hydrogens (primary N) is 1. The minimum Gasteiger partial charge on any atom is -0.457 e. The second kappa shape index (κ2) is 7.87. The molecule has 0 aliphatic heterocycles. The molecule has 0 atom stereocenters. The Kier molecular flexibility index (Phi) is 5.57. The number of anilines is 2. The van der Waals surface area contributed by atoms with Gasteiger partial charge in [0.1, 0.15) is 11.5 Å². The Morgan fingerprint density at radius 3 is 2.42 bits per heavy atom. The quantitative estimate of drug-likeness (QED) is 0.403. The van der Waals surface area contributed by atoms with Gasteiger partial charge >= 0.3 is 0 Å². The van der Waals surface area contributed by atoms with Crippen LogP contribution in [0, 0.1) is 0 Å². The number of benzene rings is 2. The van der Waals surface area contributed by atoms with Crippen molar-refractivity contribution < 1.29 is 9.21 Å². The zero-order valence-electron chi connectivity index (χ0n) is 13.3. The molecule has 1 heterocycles. The van der Waals surface area contributed by atoms with E-state index in [2.05, 4.69) is 5.32 Å². The predicted molar refractivity (Wildman–Crippen MR) is 108 cm³/mol. The number of rotatable bonds is 4. The van der Waals surface area contributed by atoms with Crippen molar-refractivity contribution in [3.05, 3.63) is 75.4 Å². The summed E-state index contributed by atoms with van der Waals surface area (Å²) in [5.74, 6) is 0.756. The van der Waals surface area contributed by atoms with Gasteiger partial charge in [-0.3, -0.25) is 4.79 Å². The molecule has 1 amide bonds. The summed E-state index contributed by atoms with van der Waals surface area (Å²) in [6.45, 7) is 0. The lowest BCUT2D eigenvalue weighted by Crippen LogP contribution is -2.08. The van der Waals surface area contributed by atoms with Crippen LogP contribution in [0.3, 0.4) is 0 Å². The highest BCUT2D eigenvalue weighted by Crippen LogP contribution is 2.29. The van der Waals surface area contributed by atoms with Crippen LogP contribution in [0.25, 0.3) is 17.4 Å². The van der Waals surface area contributed by atoms with E-state index >= 15 is 0 Å². The molecule has 132 valence electrons. The molecule has 0 radical (unpaired) electrons. The van der Waals surface area contributed by atoms with Crippen LogP contribution < -0.4 is 11.1 Å². The molecule has 0 saturated carbocycles. The smallest absolute Gasteiger partial charge is 0.248 e. The fourth-order valence-corrected chi connectivity index (χ4v) is 3.02. The lowest BCUT2D eigenvalue weighted by Gasteiger charge is -2.05. The van der Waals surface area contributed by atoms with Gasteiger partial charge in [0.15, 0.2) is 0 Å². The molecule has 3 rings (SSSR count). The molecule has 0 bridgehead atoms. The van der Waals surface area contributed by atoms with Crippen molar-refractivity contribution in [2.24, 2.45) is 0 Å². The first-order valence-corrected chi connectivity index (χ1v) is 8.64. The van der Waals surface area contributed by atoms with Gasteiger partial charge in [-0.2, -0.15) is 0 Å². The zero-order valence-corrected chi connectivity index (χ0v) is 15.6. The average molecular weight is 408 g/mol. The highest BCUT2D eigenvalue weighted by atomic mass is 35.5. The summed E-state index contributed by atoms with van der Waals surface area (Å²) in [5, 5.41) is 4.07. The van der Waals surface area contributed by atoms with Crippen molar-refractivity contribution in [1.29, 1.82) is 0 Å². The maximum atomic E-state index is 12.0. The van der Waals surface area contributed by atoms with Gasteiger partial charge in [-0.15, -0.1) is 0 Å². The standard InChI is InChI=1S/C19H13Cl3N2O2/c20-12-7-11(8-13(21)9-12)18-5-2-15(26-18)3-6-19(25)24-17-4-1-14(23)10-16(17)22/h1-10H,23H2,(H,24,25)/b6-3+. The Bertz CT molecular complexity index is 976. The van der Waals surface area contributed by atoms with E-state index in [0.717, 1.165) is 5.56 Å². The predicted octanol–water partition coefficient (Wildman–Crippen LogP) is 6.14. The summed E-state index contributed by atoms with van der Waals surface area (Å²) >= 11 is 18.0. The number of carbonyl (C=O) groups excluding carboxylic acids is 1. The van der Waals surface area contributed by atoms with E-state index in [1.165, 1.54) is 6.08 Å². The second-order valence-corrected chi connectivity index (χ2v) is 6.70. The summed E-state index contributed by atoms with van der Waals surface area (Å²) in [6.07, 6.45) is 2.90. The molecule has 0 saturated heterocycles. The largest absolute Gasteiger partial charge is 0.457 e. The van der Waals surface area contributed by atoms with Crippen LogP contribution in [0.5, 0.6) is 0 Å². The number of carbonyl (C=O) groups is 1. The van der Waals surface area contributed by atoms with Crippen molar-refractivity contribution in [2.45, 2.75) is 0 Å². The molecule has 0 spiro atoms. The fraction of sp³-hybridized carbons (Fsp3) is 0. The third kappa shape index (κ3) is 4.61. The molecule has 0 unspecified atom stereocenters. The van der Waals surface area contributed by atoms with E-state index in [-0.39, 0.29) is 5.91 Å². The Hall–Kier alpha value is -2.40. The molecule has 0 fully saturated rings. The topological polar surface area (TPSA) is 68.3 Å². The summed E-state index contributed by atoms with van der Waals surface area (Å²) in [5.41, 5.74) is 7.37. The summed E-state index contributed by atoms with van der Waals surface area (Å²) in [7, 11) is 0. The number of nitrogens with one attached hydrogen (secondary N) is 1. The maximum absolute atomic E-state index is 12.0. The van der Waals surface area contributed by atoms with Gasteiger partial charge in [-0.05, 0) is 54.6 Å². The molecular weight excluding hydrogens is 395 g/mol. The van der Waals surface area contributed by atoms with Gasteiger partial charge in [-0.1, -0.05) is 34.8 Å². The van der Waals surface area contributed by atoms with Gasteiger partial charge < -0.3 is 15.5 Å². The number of nitrogen functional groups attached to an aromatic ring is 1. The van der Waals surface area contributed by atoms with E-state index in [9.17, 15) is 4.79 Å². The van der Waals surface area contributed by atoms with Crippen LogP contribution in [0.15, 0.2) is 59.0 Å². The van der Waals surface area contributed by atoms with Crippen LogP contribution in [0.2, 0.25) is 15.1 Å². The third-order valence-electron chi connectivity index (χ3n) is 3.42. The second-order valence-electron chi connectivity index (χ2n) is 5.42. The normalized spacial score (nSPS) is 11.0. The van der Waals surface area contributed by atoms with E-state index in [0.29, 0.717) is 38.0 Å². The van der Waals surface area contributed by atoms with Crippen molar-refractivity contribution in [1.82, 2.24) is 0 Å². The van der Waals surface area contributed by atoms with Crippen LogP contribution >= 0.6 is 34.8 Å². The van der Waals surface area contributed by atoms with E-state index in [1.807, 2.05) is 0 Å². The number of halogens is 3. The molecule has 4 nitrogen and oxygen atoms in total. The summed E-state index contributed by atoms with van der Waals surface area (Å²) in [6, 6.07) is 13.5. The monoisotopic (exact) mass is 406 g/mol. The average Bonchev–Trinajstić information content (AvgIpc) is 3.04. The molecule has 3 aromatic rings. The van der Waals surface area contributed by atoms with Crippen LogP contribution in [-0.2, 0) is 4.79 Å². The van der Waals surface area contributed by atoms with Crippen molar-refractivity contribution >= 4 is 58.2 Å². The lowest BCUT2D eigenvalue weighted by atomic mass is 10.2. The highest BCUT2D eigenvalue weighted by molar-refractivity contribution is 6.35. The van der Waals surface area contributed by atoms with Gasteiger partial charge in [-0.25, -0.2) is 0 Å². The zero-order chi connectivity index (χ0) is 18.7. The van der Waals surface area contributed by atoms with E-state index in [4.69, 9.17) is 45.0 Å². The van der Waals surface area contributed by atoms with Crippen molar-refractivity contribution in [3.8, 4) is 11.3 Å². The van der Waals surface area contributed by atoms with Crippen molar-refractivity contribution in [2.75, 3.05) is 11.1 Å². The number of furan rings is 1. The van der Waals surface area contributed by atoms with Crippen LogP contribution in [0.1, 0.15) is 5.76 Å². The van der Waals surface area contributed by atoms with Gasteiger partial charge in [0, 0.05) is 27.4 Å². The summed E-state index contributed by atoms with van der Waals surface area (Å²) in [4.78, 5) is 12.0. The molecule has 3 N–H and O–H groups in total. The Labute approximate surface area is 165 Å². The minimum atomic E-state index is -0.347. The lowest BCUT2D eigenvalue weighted by molar-refractivity contribution is -0.111. The van der Waals surface area contributed by atoms with E-state index < -0.39 is 0 Å². The first-order valence-electron chi connectivity index (χ1n) is 7.51. The maximum Gasteiger partial charge on any atom is 0.248 e. The number of amides is 1. The molecular formula is C19H13Cl3N2O2. The third-order valence-corrected chi connectivity index (χ3v) is 4.17. The molecule has 0 aliphatic carbocycles. The summed E-state index contributed by atoms with van der Waals surface area (Å²) < 4.78 is 5.69. The number of hydrogen-bond acceptors (Lipinski definition) is 3. The van der Waals surface area contributed by atoms with E-state index in [1.54, 1.807) is 54.6 Å². The Morgan fingerprint density at radius 1 is 1.00 bits per heavy atom. The van der Waals surface area contributed by atoms with Crippen molar-refractivity contribution in [3.63, 3.8) is 0 Å². The fourth-order valence-electron chi connectivity index (χ4n) is 2.26. The molecule has 2 aromatic carbocycles. The highest BCUT2D eigenvalue weighted by Gasteiger charge is 2.07. The molecule has 0 aliphatic rings. The Balaban J connectivity index is 1.71. The van der Waals surface area contributed by atoms with Gasteiger partial charge in [0.2, 0.25) is 5.91 Å². The Morgan fingerprint density at radius 2 is 1.73 bits per heavy atom. The number of hydrogen-bond donors (Lipinski definition) is 2. The van der Waals surface area contributed by atoms with Gasteiger partial charge in [0.25, 0.3) is 0 Å². The molecule has 7 heteroatoms. The van der Waals surface area contributed by atoms with Crippen LogP contribution in [0.4, 0.5) is 11.4 Å². The minimum absolute atomic E-state index is 0.347. The first-order chi connectivity index (χ1) is 12.4.